The van der Waals surface area contributed by atoms with E-state index in [4.69, 9.17) is 0 Å². The van der Waals surface area contributed by atoms with Crippen molar-refractivity contribution in [3.63, 3.8) is 0 Å². The Balaban J connectivity index is 1.67. The molecule has 2 aliphatic heterocycles. The SMILES string of the molecule is OCC1N(Cc2ccc(F)cc2)c2ncccc2N1C1CCNCC1. The summed E-state index contributed by atoms with van der Waals surface area (Å²) < 4.78 is 13.2. The molecule has 2 aliphatic rings. The summed E-state index contributed by atoms with van der Waals surface area (Å²) in [4.78, 5) is 9.04. The summed E-state index contributed by atoms with van der Waals surface area (Å²) in [6.07, 6.45) is 3.75. The molecule has 0 radical (unpaired) electrons. The Bertz CT molecular complexity index is 718. The van der Waals surface area contributed by atoms with E-state index in [0.717, 1.165) is 43.0 Å². The highest BCUT2D eigenvalue weighted by atomic mass is 19.1. The second-order valence-electron chi connectivity index (χ2n) is 6.65. The number of hydrogen-bond acceptors (Lipinski definition) is 5. The molecule has 1 fully saturated rings. The number of aromatic nitrogens is 1. The van der Waals surface area contributed by atoms with E-state index < -0.39 is 0 Å². The number of nitrogens with one attached hydrogen (secondary N) is 1. The number of aliphatic hydroxyl groups is 1. The smallest absolute Gasteiger partial charge is 0.154 e. The predicted octanol–water partition coefficient (Wildman–Crippen LogP) is 2.12. The summed E-state index contributed by atoms with van der Waals surface area (Å²) >= 11 is 0. The van der Waals surface area contributed by atoms with E-state index in [9.17, 15) is 9.50 Å². The van der Waals surface area contributed by atoms with Crippen LogP contribution < -0.4 is 15.1 Å². The van der Waals surface area contributed by atoms with Gasteiger partial charge in [0.1, 0.15) is 12.0 Å². The Morgan fingerprint density at radius 3 is 2.64 bits per heavy atom. The minimum Gasteiger partial charge on any atom is -0.392 e. The standard InChI is InChI=1S/C19H23FN4O/c20-15-5-3-14(4-6-15)12-23-18(13-25)24(16-7-10-21-11-8-16)17-2-1-9-22-19(17)23/h1-6,9,16,18,21,25H,7-8,10-13H2. The first kappa shape index (κ1) is 16.3. The molecule has 1 aromatic heterocycles. The summed E-state index contributed by atoms with van der Waals surface area (Å²) in [5.74, 6) is 0.656. The largest absolute Gasteiger partial charge is 0.392 e. The van der Waals surface area contributed by atoms with Crippen LogP contribution in [-0.4, -0.2) is 42.0 Å². The molecule has 0 aliphatic carbocycles. The number of fused-ring (bicyclic) bond motifs is 1. The number of pyridine rings is 1. The summed E-state index contributed by atoms with van der Waals surface area (Å²) in [7, 11) is 0. The van der Waals surface area contributed by atoms with Gasteiger partial charge < -0.3 is 20.2 Å². The molecule has 0 saturated carbocycles. The van der Waals surface area contributed by atoms with Crippen LogP contribution in [0.1, 0.15) is 18.4 Å². The molecule has 1 unspecified atom stereocenters. The van der Waals surface area contributed by atoms with Crippen molar-refractivity contribution in [2.75, 3.05) is 29.5 Å². The molecule has 1 atom stereocenters. The number of aliphatic hydroxyl groups excluding tert-OH is 1. The fourth-order valence-electron chi connectivity index (χ4n) is 3.94. The van der Waals surface area contributed by atoms with Crippen LogP contribution in [0.25, 0.3) is 0 Å². The molecule has 5 nitrogen and oxygen atoms in total. The maximum absolute atomic E-state index is 13.2. The number of halogens is 1. The highest BCUT2D eigenvalue weighted by Gasteiger charge is 2.40. The predicted molar refractivity (Wildman–Crippen MR) is 96.1 cm³/mol. The maximum atomic E-state index is 13.2. The Labute approximate surface area is 147 Å². The Kier molecular flexibility index (Phi) is 4.55. The molecule has 0 spiro atoms. The lowest BCUT2D eigenvalue weighted by atomic mass is 10.0. The number of rotatable bonds is 4. The molecular formula is C19H23FN4O. The van der Waals surface area contributed by atoms with Gasteiger partial charge in [-0.3, -0.25) is 0 Å². The lowest BCUT2D eigenvalue weighted by Gasteiger charge is -2.39. The van der Waals surface area contributed by atoms with E-state index in [1.165, 1.54) is 12.1 Å². The van der Waals surface area contributed by atoms with E-state index in [0.29, 0.717) is 12.6 Å². The minimum absolute atomic E-state index is 0.0292. The van der Waals surface area contributed by atoms with Gasteiger partial charge >= 0.3 is 0 Å². The Morgan fingerprint density at radius 1 is 1.16 bits per heavy atom. The lowest BCUT2D eigenvalue weighted by molar-refractivity contribution is 0.245. The van der Waals surface area contributed by atoms with Gasteiger partial charge in [-0.05, 0) is 55.8 Å². The molecule has 2 aromatic rings. The first-order valence-corrected chi connectivity index (χ1v) is 8.84. The molecule has 0 amide bonds. The third-order valence-corrected chi connectivity index (χ3v) is 5.13. The zero-order valence-electron chi connectivity index (χ0n) is 14.1. The second kappa shape index (κ2) is 6.98. The van der Waals surface area contributed by atoms with Gasteiger partial charge in [0, 0.05) is 18.8 Å². The molecule has 6 heteroatoms. The van der Waals surface area contributed by atoms with Crippen molar-refractivity contribution in [1.29, 1.82) is 0 Å². The zero-order chi connectivity index (χ0) is 17.2. The van der Waals surface area contributed by atoms with E-state index in [1.54, 1.807) is 18.3 Å². The lowest BCUT2D eigenvalue weighted by Crippen LogP contribution is -2.53. The number of hydrogen-bond donors (Lipinski definition) is 2. The van der Waals surface area contributed by atoms with Crippen LogP contribution in [-0.2, 0) is 6.54 Å². The minimum atomic E-state index is -0.237. The van der Waals surface area contributed by atoms with Crippen LogP contribution in [0, 0.1) is 5.82 Å². The molecule has 3 heterocycles. The van der Waals surface area contributed by atoms with Gasteiger partial charge in [-0.25, -0.2) is 9.37 Å². The van der Waals surface area contributed by atoms with Crippen molar-refractivity contribution in [3.8, 4) is 0 Å². The van der Waals surface area contributed by atoms with Crippen molar-refractivity contribution < 1.29 is 9.50 Å². The van der Waals surface area contributed by atoms with Crippen LogP contribution in [0.3, 0.4) is 0 Å². The average Bonchev–Trinajstić information content (AvgIpc) is 2.98. The van der Waals surface area contributed by atoms with Gasteiger partial charge in [0.15, 0.2) is 5.82 Å². The van der Waals surface area contributed by atoms with Crippen molar-refractivity contribution in [1.82, 2.24) is 10.3 Å². The van der Waals surface area contributed by atoms with E-state index in [2.05, 4.69) is 26.2 Å². The average molecular weight is 342 g/mol. The molecule has 0 bridgehead atoms. The highest BCUT2D eigenvalue weighted by molar-refractivity contribution is 5.74. The van der Waals surface area contributed by atoms with Crippen LogP contribution in [0.4, 0.5) is 15.9 Å². The van der Waals surface area contributed by atoms with Gasteiger partial charge in [0.25, 0.3) is 0 Å². The molecule has 1 aromatic carbocycles. The van der Waals surface area contributed by atoms with E-state index in [-0.39, 0.29) is 18.6 Å². The Hall–Kier alpha value is -2.18. The summed E-state index contributed by atoms with van der Waals surface area (Å²) in [5, 5.41) is 13.5. The molecule has 1 saturated heterocycles. The molecule has 132 valence electrons. The van der Waals surface area contributed by atoms with E-state index >= 15 is 0 Å². The Morgan fingerprint density at radius 2 is 1.92 bits per heavy atom. The highest BCUT2D eigenvalue weighted by Crippen LogP contribution is 2.41. The summed E-state index contributed by atoms with van der Waals surface area (Å²) in [6.45, 7) is 2.61. The molecule has 2 N–H and O–H groups in total. The number of piperidine rings is 1. The van der Waals surface area contributed by atoms with Crippen molar-refractivity contribution >= 4 is 11.5 Å². The van der Waals surface area contributed by atoms with Crippen LogP contribution in [0.2, 0.25) is 0 Å². The van der Waals surface area contributed by atoms with Gasteiger partial charge in [0.2, 0.25) is 0 Å². The summed E-state index contributed by atoms with van der Waals surface area (Å²) in [6, 6.07) is 11.0. The monoisotopic (exact) mass is 342 g/mol. The molecule has 4 rings (SSSR count). The maximum Gasteiger partial charge on any atom is 0.154 e. The zero-order valence-corrected chi connectivity index (χ0v) is 14.1. The van der Waals surface area contributed by atoms with Gasteiger partial charge in [-0.2, -0.15) is 0 Å². The topological polar surface area (TPSA) is 51.6 Å². The second-order valence-corrected chi connectivity index (χ2v) is 6.65. The summed E-state index contributed by atoms with van der Waals surface area (Å²) in [5.41, 5.74) is 2.08. The van der Waals surface area contributed by atoms with Crippen molar-refractivity contribution in [2.45, 2.75) is 31.6 Å². The van der Waals surface area contributed by atoms with Crippen LogP contribution in [0.5, 0.6) is 0 Å². The number of nitrogens with zero attached hydrogens (tertiary/aromatic N) is 3. The quantitative estimate of drug-likeness (QED) is 0.891. The van der Waals surface area contributed by atoms with Gasteiger partial charge in [0.05, 0.1) is 12.3 Å². The fourth-order valence-corrected chi connectivity index (χ4v) is 3.94. The van der Waals surface area contributed by atoms with Crippen LogP contribution >= 0.6 is 0 Å². The first-order chi connectivity index (χ1) is 12.3. The number of anilines is 2. The first-order valence-electron chi connectivity index (χ1n) is 8.84. The fraction of sp³-hybridized carbons (Fsp3) is 0.421. The molecule has 25 heavy (non-hydrogen) atoms. The van der Waals surface area contributed by atoms with Gasteiger partial charge in [-0.1, -0.05) is 12.1 Å². The van der Waals surface area contributed by atoms with Crippen LogP contribution in [0.15, 0.2) is 42.6 Å². The number of benzene rings is 1. The van der Waals surface area contributed by atoms with Crippen molar-refractivity contribution in [2.24, 2.45) is 0 Å². The van der Waals surface area contributed by atoms with Crippen molar-refractivity contribution in [3.05, 3.63) is 54.0 Å². The third-order valence-electron chi connectivity index (χ3n) is 5.13. The normalized spacial score (nSPS) is 20.8. The van der Waals surface area contributed by atoms with Gasteiger partial charge in [-0.15, -0.1) is 0 Å². The third kappa shape index (κ3) is 3.07. The molecular weight excluding hydrogens is 319 g/mol. The van der Waals surface area contributed by atoms with E-state index in [1.807, 2.05) is 6.07 Å².